The molecule has 1 atom stereocenters. The smallest absolute Gasteiger partial charge is 0.162 e. The van der Waals surface area contributed by atoms with Crippen molar-refractivity contribution in [2.75, 3.05) is 0 Å². The van der Waals surface area contributed by atoms with Crippen molar-refractivity contribution in [2.45, 2.75) is 25.9 Å². The largest absolute Gasteiger partial charge is 0.392 e. The van der Waals surface area contributed by atoms with Gasteiger partial charge in [-0.3, -0.25) is 4.68 Å². The van der Waals surface area contributed by atoms with E-state index in [1.165, 1.54) is 12.1 Å². The van der Waals surface area contributed by atoms with Gasteiger partial charge in [0.1, 0.15) is 0 Å². The number of aliphatic hydroxyl groups excluding tert-OH is 1. The summed E-state index contributed by atoms with van der Waals surface area (Å²) in [6.07, 6.45) is -0.616. The van der Waals surface area contributed by atoms with Crippen molar-refractivity contribution >= 4 is 11.6 Å². The van der Waals surface area contributed by atoms with E-state index in [4.69, 9.17) is 11.6 Å². The third-order valence-electron chi connectivity index (χ3n) is 3.18. The Kier molecular flexibility index (Phi) is 4.40. The molecule has 3 nitrogen and oxygen atoms in total. The molecular formula is C14H15ClF2N2O. The van der Waals surface area contributed by atoms with Crippen LogP contribution >= 0.6 is 11.6 Å². The van der Waals surface area contributed by atoms with Gasteiger partial charge in [0.25, 0.3) is 0 Å². The van der Waals surface area contributed by atoms with Crippen LogP contribution in [0.25, 0.3) is 0 Å². The fraction of sp³-hybridized carbons (Fsp3) is 0.357. The molecule has 108 valence electrons. The average Bonchev–Trinajstić information content (AvgIpc) is 2.62. The van der Waals surface area contributed by atoms with Crippen molar-refractivity contribution in [2.24, 2.45) is 7.05 Å². The van der Waals surface area contributed by atoms with Crippen LogP contribution in [0, 0.1) is 18.6 Å². The average molecular weight is 301 g/mol. The Labute approximate surface area is 120 Å². The first kappa shape index (κ1) is 14.9. The van der Waals surface area contributed by atoms with Crippen molar-refractivity contribution in [1.29, 1.82) is 0 Å². The minimum Gasteiger partial charge on any atom is -0.392 e. The molecule has 0 aliphatic rings. The molecule has 0 saturated carbocycles. The summed E-state index contributed by atoms with van der Waals surface area (Å²) in [4.78, 5) is 0. The first-order chi connectivity index (χ1) is 9.40. The molecule has 6 heteroatoms. The van der Waals surface area contributed by atoms with E-state index in [2.05, 4.69) is 5.10 Å². The van der Waals surface area contributed by atoms with Crippen LogP contribution in [0.2, 0.25) is 5.02 Å². The van der Waals surface area contributed by atoms with Gasteiger partial charge in [-0.25, -0.2) is 8.78 Å². The summed E-state index contributed by atoms with van der Waals surface area (Å²) in [7, 11) is 1.73. The van der Waals surface area contributed by atoms with Gasteiger partial charge in [0.15, 0.2) is 11.6 Å². The highest BCUT2D eigenvalue weighted by Gasteiger charge is 2.17. The van der Waals surface area contributed by atoms with E-state index in [0.29, 0.717) is 16.4 Å². The highest BCUT2D eigenvalue weighted by Crippen LogP contribution is 2.22. The SMILES string of the molecule is Cc1nn(C)c(CC(O)Cc2cccc(F)c2F)c1Cl. The normalized spacial score (nSPS) is 12.7. The second-order valence-corrected chi connectivity index (χ2v) is 5.12. The quantitative estimate of drug-likeness (QED) is 0.943. The van der Waals surface area contributed by atoms with Gasteiger partial charge >= 0.3 is 0 Å². The molecule has 0 aliphatic carbocycles. The number of aryl methyl sites for hydroxylation is 2. The number of hydrogen-bond acceptors (Lipinski definition) is 2. The van der Waals surface area contributed by atoms with E-state index in [-0.39, 0.29) is 18.4 Å². The molecule has 1 aromatic heterocycles. The van der Waals surface area contributed by atoms with Crippen molar-refractivity contribution in [3.63, 3.8) is 0 Å². The molecule has 0 radical (unpaired) electrons. The Bertz CT molecular complexity index is 628. The number of aliphatic hydroxyl groups is 1. The zero-order valence-electron chi connectivity index (χ0n) is 11.2. The van der Waals surface area contributed by atoms with Gasteiger partial charge in [-0.1, -0.05) is 23.7 Å². The maximum Gasteiger partial charge on any atom is 0.162 e. The maximum atomic E-state index is 13.5. The number of nitrogens with zero attached hydrogens (tertiary/aromatic N) is 2. The highest BCUT2D eigenvalue weighted by molar-refractivity contribution is 6.31. The summed E-state index contributed by atoms with van der Waals surface area (Å²) in [6.45, 7) is 1.77. The lowest BCUT2D eigenvalue weighted by molar-refractivity contribution is 0.171. The molecule has 0 spiro atoms. The Balaban J connectivity index is 2.13. The van der Waals surface area contributed by atoms with Crippen LogP contribution in [0.3, 0.4) is 0 Å². The van der Waals surface area contributed by atoms with Crippen LogP contribution in [0.5, 0.6) is 0 Å². The first-order valence-corrected chi connectivity index (χ1v) is 6.57. The Hall–Kier alpha value is -1.46. The van der Waals surface area contributed by atoms with Gasteiger partial charge in [-0.15, -0.1) is 0 Å². The summed E-state index contributed by atoms with van der Waals surface area (Å²) in [5.74, 6) is -1.83. The molecule has 0 bridgehead atoms. The van der Waals surface area contributed by atoms with E-state index in [1.807, 2.05) is 0 Å². The van der Waals surface area contributed by atoms with Gasteiger partial charge in [-0.2, -0.15) is 5.10 Å². The Morgan fingerprint density at radius 1 is 1.35 bits per heavy atom. The summed E-state index contributed by atoms with van der Waals surface area (Å²) in [6, 6.07) is 3.92. The monoisotopic (exact) mass is 300 g/mol. The number of benzene rings is 1. The minimum atomic E-state index is -0.918. The number of aromatic nitrogens is 2. The van der Waals surface area contributed by atoms with Crippen molar-refractivity contribution in [3.8, 4) is 0 Å². The predicted molar refractivity (Wildman–Crippen MR) is 72.7 cm³/mol. The molecule has 1 heterocycles. The fourth-order valence-electron chi connectivity index (χ4n) is 2.16. The molecule has 0 saturated heterocycles. The molecule has 0 aliphatic heterocycles. The molecule has 1 aromatic carbocycles. The minimum absolute atomic E-state index is 0.0180. The van der Waals surface area contributed by atoms with Crippen molar-refractivity contribution in [3.05, 3.63) is 51.8 Å². The summed E-state index contributed by atoms with van der Waals surface area (Å²) >= 11 is 6.09. The van der Waals surface area contributed by atoms with Gasteiger partial charge in [0.05, 0.1) is 22.5 Å². The summed E-state index contributed by atoms with van der Waals surface area (Å²) < 4.78 is 28.2. The number of halogens is 3. The zero-order chi connectivity index (χ0) is 14.9. The van der Waals surface area contributed by atoms with Gasteiger partial charge < -0.3 is 5.11 Å². The maximum absolute atomic E-state index is 13.5. The lowest BCUT2D eigenvalue weighted by Crippen LogP contribution is -2.17. The highest BCUT2D eigenvalue weighted by atomic mass is 35.5. The number of rotatable bonds is 4. The lowest BCUT2D eigenvalue weighted by atomic mass is 10.0. The number of hydrogen-bond donors (Lipinski definition) is 1. The van der Waals surface area contributed by atoms with Gasteiger partial charge in [0, 0.05) is 19.9 Å². The molecule has 2 aromatic rings. The van der Waals surface area contributed by atoms with E-state index >= 15 is 0 Å². The Morgan fingerprint density at radius 3 is 2.65 bits per heavy atom. The van der Waals surface area contributed by atoms with Crippen LogP contribution in [-0.4, -0.2) is 21.0 Å². The topological polar surface area (TPSA) is 38.0 Å². The van der Waals surface area contributed by atoms with Crippen LogP contribution in [0.15, 0.2) is 18.2 Å². The summed E-state index contributed by atoms with van der Waals surface area (Å²) in [5, 5.41) is 14.7. The third kappa shape index (κ3) is 2.99. The van der Waals surface area contributed by atoms with Crippen molar-refractivity contribution < 1.29 is 13.9 Å². The molecule has 1 unspecified atom stereocenters. The standard InChI is InChI=1S/C14H15ClF2N2O/c1-8-13(15)12(19(2)18-8)7-10(20)6-9-4-3-5-11(16)14(9)17/h3-5,10,20H,6-7H2,1-2H3. The molecular weight excluding hydrogens is 286 g/mol. The van der Waals surface area contributed by atoms with Crippen LogP contribution < -0.4 is 0 Å². The fourth-order valence-corrected chi connectivity index (χ4v) is 2.39. The van der Waals surface area contributed by atoms with Crippen LogP contribution in [-0.2, 0) is 19.9 Å². The van der Waals surface area contributed by atoms with Crippen LogP contribution in [0.1, 0.15) is 17.0 Å². The Morgan fingerprint density at radius 2 is 2.05 bits per heavy atom. The second kappa shape index (κ2) is 5.89. The molecule has 2 rings (SSSR count). The summed E-state index contributed by atoms with van der Waals surface area (Å²) in [5.41, 5.74) is 1.49. The van der Waals surface area contributed by atoms with Crippen LogP contribution in [0.4, 0.5) is 8.78 Å². The second-order valence-electron chi connectivity index (χ2n) is 4.74. The lowest BCUT2D eigenvalue weighted by Gasteiger charge is -2.12. The molecule has 0 fully saturated rings. The van der Waals surface area contributed by atoms with Gasteiger partial charge in [0.2, 0.25) is 0 Å². The predicted octanol–water partition coefficient (Wildman–Crippen LogP) is 2.81. The molecule has 0 amide bonds. The van der Waals surface area contributed by atoms with E-state index in [9.17, 15) is 13.9 Å². The first-order valence-electron chi connectivity index (χ1n) is 6.19. The third-order valence-corrected chi connectivity index (χ3v) is 3.67. The molecule has 1 N–H and O–H groups in total. The molecule has 20 heavy (non-hydrogen) atoms. The van der Waals surface area contributed by atoms with E-state index < -0.39 is 17.7 Å². The van der Waals surface area contributed by atoms with E-state index in [0.717, 1.165) is 6.07 Å². The van der Waals surface area contributed by atoms with Crippen molar-refractivity contribution in [1.82, 2.24) is 9.78 Å². The van der Waals surface area contributed by atoms with Gasteiger partial charge in [-0.05, 0) is 18.6 Å². The van der Waals surface area contributed by atoms with E-state index in [1.54, 1.807) is 18.7 Å². The zero-order valence-corrected chi connectivity index (χ0v) is 12.0.